The molecule has 0 saturated carbocycles. The second kappa shape index (κ2) is 12.1. The van der Waals surface area contributed by atoms with Gasteiger partial charge in [-0.05, 0) is 24.3 Å². The van der Waals surface area contributed by atoms with E-state index in [9.17, 15) is 8.42 Å². The second-order valence-electron chi connectivity index (χ2n) is 10.5. The van der Waals surface area contributed by atoms with Gasteiger partial charge in [0.05, 0.1) is 38.3 Å². The van der Waals surface area contributed by atoms with Crippen LogP contribution in [0, 0.1) is 0 Å². The minimum Gasteiger partial charge on any atom is -0.494 e. The highest BCUT2D eigenvalue weighted by molar-refractivity contribution is 7.89. The van der Waals surface area contributed by atoms with Crippen LogP contribution < -0.4 is 30.3 Å². The minimum atomic E-state index is -3.80. The van der Waals surface area contributed by atoms with Crippen LogP contribution in [0.25, 0.3) is 0 Å². The average molecular weight is 584 g/mol. The largest absolute Gasteiger partial charge is 0.494 e. The predicted octanol–water partition coefficient (Wildman–Crippen LogP) is 3.44. The van der Waals surface area contributed by atoms with Crippen molar-refractivity contribution in [1.29, 1.82) is 0 Å². The first-order chi connectivity index (χ1) is 19.7. The maximum Gasteiger partial charge on any atom is 0.242 e. The van der Waals surface area contributed by atoms with Crippen LogP contribution in [-0.2, 0) is 24.9 Å². The normalized spacial score (nSPS) is 16.1. The lowest BCUT2D eigenvalue weighted by atomic mass is 9.88. The van der Waals surface area contributed by atoms with Crippen LogP contribution in [-0.4, -0.2) is 78.6 Å². The maximum atomic E-state index is 13.1. The van der Waals surface area contributed by atoms with Gasteiger partial charge in [-0.3, -0.25) is 0 Å². The number of nitrogens with zero attached hydrogens (tertiary/aromatic N) is 3. The number of methoxy groups -OCH3 is 2. The molecule has 5 rings (SSSR count). The summed E-state index contributed by atoms with van der Waals surface area (Å²) in [6.07, 6.45) is 0. The summed E-state index contributed by atoms with van der Waals surface area (Å²) in [4.78, 5) is 11.9. The molecule has 2 aliphatic heterocycles. The number of para-hydroxylation sites is 1. The summed E-state index contributed by atoms with van der Waals surface area (Å²) in [7, 11) is -0.653. The van der Waals surface area contributed by atoms with Gasteiger partial charge >= 0.3 is 0 Å². The van der Waals surface area contributed by atoms with Crippen molar-refractivity contribution in [3.63, 3.8) is 0 Å². The molecule has 2 aliphatic rings. The molecule has 0 amide bonds. The SMILES string of the molecule is COCCNS(=O)(=O)c1ccccc1Nc1nc(Nc2ccc(N3CCOCC3)cc2OC)nc2c1C(C)(C)CN2. The van der Waals surface area contributed by atoms with Crippen molar-refractivity contribution in [3.05, 3.63) is 48.0 Å². The van der Waals surface area contributed by atoms with Crippen LogP contribution in [0.4, 0.5) is 34.6 Å². The summed E-state index contributed by atoms with van der Waals surface area (Å²) in [5, 5.41) is 9.98. The summed E-state index contributed by atoms with van der Waals surface area (Å²) in [6, 6.07) is 12.7. The molecule has 1 aromatic heterocycles. The number of hydrogen-bond donors (Lipinski definition) is 4. The van der Waals surface area contributed by atoms with E-state index in [1.54, 1.807) is 31.4 Å². The Morgan fingerprint density at radius 2 is 1.83 bits per heavy atom. The first-order valence-electron chi connectivity index (χ1n) is 13.5. The zero-order valence-electron chi connectivity index (χ0n) is 23.8. The summed E-state index contributed by atoms with van der Waals surface area (Å²) in [6.45, 7) is 8.29. The van der Waals surface area contributed by atoms with Crippen LogP contribution >= 0.6 is 0 Å². The molecule has 0 unspecified atom stereocenters. The van der Waals surface area contributed by atoms with E-state index < -0.39 is 10.0 Å². The van der Waals surface area contributed by atoms with Crippen LogP contribution in [0.3, 0.4) is 0 Å². The third-order valence-corrected chi connectivity index (χ3v) is 8.64. The first-order valence-corrected chi connectivity index (χ1v) is 15.0. The van der Waals surface area contributed by atoms with E-state index in [1.807, 2.05) is 18.2 Å². The molecule has 0 aliphatic carbocycles. The predicted molar refractivity (Wildman–Crippen MR) is 160 cm³/mol. The number of hydrogen-bond acceptors (Lipinski definition) is 11. The molecule has 0 atom stereocenters. The lowest BCUT2D eigenvalue weighted by molar-refractivity contribution is 0.122. The standard InChI is InChI=1S/C28H37N7O5S/c1-28(2)18-29-25-24(28)26(31-21-7-5-6-8-23(21)41(36,37)30-11-14-38-3)34-27(33-25)32-20-10-9-19(17-22(20)39-4)35-12-15-40-16-13-35/h5-10,17,30H,11-16,18H2,1-4H3,(H3,29,31,32,33,34). The molecule has 12 nitrogen and oxygen atoms in total. The number of anilines is 6. The van der Waals surface area contributed by atoms with E-state index in [4.69, 9.17) is 24.2 Å². The number of ether oxygens (including phenoxy) is 3. The number of morpholine rings is 1. The van der Waals surface area contributed by atoms with Crippen molar-refractivity contribution < 1.29 is 22.6 Å². The molecule has 13 heteroatoms. The van der Waals surface area contributed by atoms with Crippen molar-refractivity contribution in [2.24, 2.45) is 0 Å². The Morgan fingerprint density at radius 3 is 2.59 bits per heavy atom. The van der Waals surface area contributed by atoms with E-state index >= 15 is 0 Å². The van der Waals surface area contributed by atoms with Gasteiger partial charge in [0.2, 0.25) is 16.0 Å². The molecule has 0 radical (unpaired) electrons. The van der Waals surface area contributed by atoms with Crippen molar-refractivity contribution >= 4 is 44.7 Å². The number of fused-ring (bicyclic) bond motifs is 1. The molecule has 0 bridgehead atoms. The minimum absolute atomic E-state index is 0.113. The van der Waals surface area contributed by atoms with Crippen molar-refractivity contribution in [2.45, 2.75) is 24.2 Å². The van der Waals surface area contributed by atoms with Crippen LogP contribution in [0.5, 0.6) is 5.75 Å². The van der Waals surface area contributed by atoms with E-state index in [0.717, 1.165) is 24.3 Å². The van der Waals surface area contributed by atoms with Gasteiger partial charge in [-0.15, -0.1) is 0 Å². The van der Waals surface area contributed by atoms with Gasteiger partial charge in [0.1, 0.15) is 22.3 Å². The van der Waals surface area contributed by atoms with Crippen LogP contribution in [0.2, 0.25) is 0 Å². The summed E-state index contributed by atoms with van der Waals surface area (Å²) in [5.74, 6) is 2.18. The maximum absolute atomic E-state index is 13.1. The van der Waals surface area contributed by atoms with Gasteiger partial charge in [0.15, 0.2) is 0 Å². The third kappa shape index (κ3) is 6.32. The highest BCUT2D eigenvalue weighted by Crippen LogP contribution is 2.42. The average Bonchev–Trinajstić information content (AvgIpc) is 3.28. The van der Waals surface area contributed by atoms with Crippen molar-refractivity contribution in [2.75, 3.05) is 81.1 Å². The number of aromatic nitrogens is 2. The molecule has 220 valence electrons. The van der Waals surface area contributed by atoms with Crippen LogP contribution in [0.1, 0.15) is 19.4 Å². The molecule has 1 fully saturated rings. The van der Waals surface area contributed by atoms with Gasteiger partial charge in [-0.1, -0.05) is 26.0 Å². The lowest BCUT2D eigenvalue weighted by Crippen LogP contribution is -2.36. The van der Waals surface area contributed by atoms with Gasteiger partial charge in [0.25, 0.3) is 0 Å². The van der Waals surface area contributed by atoms with Crippen molar-refractivity contribution in [3.8, 4) is 5.75 Å². The summed E-state index contributed by atoms with van der Waals surface area (Å²) >= 11 is 0. The highest BCUT2D eigenvalue weighted by atomic mass is 32.2. The topological polar surface area (TPSA) is 139 Å². The summed E-state index contributed by atoms with van der Waals surface area (Å²) < 4.78 is 45.0. The van der Waals surface area contributed by atoms with Gasteiger partial charge in [0, 0.05) is 56.0 Å². The molecule has 2 aromatic carbocycles. The van der Waals surface area contributed by atoms with E-state index in [2.05, 4.69) is 39.4 Å². The number of rotatable bonds is 11. The Labute approximate surface area is 240 Å². The van der Waals surface area contributed by atoms with Gasteiger partial charge < -0.3 is 35.1 Å². The molecule has 41 heavy (non-hydrogen) atoms. The first kappa shape index (κ1) is 28.9. The Hall–Kier alpha value is -3.65. The smallest absolute Gasteiger partial charge is 0.242 e. The Balaban J connectivity index is 1.48. The fraction of sp³-hybridized carbons (Fsp3) is 0.429. The monoisotopic (exact) mass is 583 g/mol. The third-order valence-electron chi connectivity index (χ3n) is 7.12. The number of benzene rings is 2. The van der Waals surface area contributed by atoms with E-state index in [1.165, 1.54) is 7.11 Å². The molecule has 1 saturated heterocycles. The van der Waals surface area contributed by atoms with Crippen LogP contribution in [0.15, 0.2) is 47.4 Å². The fourth-order valence-electron chi connectivity index (χ4n) is 4.98. The lowest BCUT2D eigenvalue weighted by Gasteiger charge is -2.29. The molecule has 3 heterocycles. The van der Waals surface area contributed by atoms with E-state index in [-0.39, 0.29) is 23.5 Å². The van der Waals surface area contributed by atoms with Gasteiger partial charge in [-0.2, -0.15) is 9.97 Å². The summed E-state index contributed by atoms with van der Waals surface area (Å²) in [5.41, 5.74) is 2.74. The Bertz CT molecular complexity index is 1490. The molecular weight excluding hydrogens is 546 g/mol. The Morgan fingerprint density at radius 1 is 1.05 bits per heavy atom. The Kier molecular flexibility index (Phi) is 8.50. The quantitative estimate of drug-likeness (QED) is 0.247. The van der Waals surface area contributed by atoms with Crippen molar-refractivity contribution in [1.82, 2.24) is 14.7 Å². The fourth-order valence-corrected chi connectivity index (χ4v) is 6.15. The molecule has 3 aromatic rings. The van der Waals surface area contributed by atoms with E-state index in [0.29, 0.717) is 54.5 Å². The number of sulfonamides is 1. The van der Waals surface area contributed by atoms with Gasteiger partial charge in [-0.25, -0.2) is 13.1 Å². The molecule has 0 spiro atoms. The number of nitrogens with one attached hydrogen (secondary N) is 4. The molecular formula is C28H37N7O5S. The second-order valence-corrected chi connectivity index (χ2v) is 12.2. The highest BCUT2D eigenvalue weighted by Gasteiger charge is 2.36. The zero-order valence-corrected chi connectivity index (χ0v) is 24.6. The zero-order chi connectivity index (χ0) is 29.0. The molecule has 4 N–H and O–H groups in total.